The molecule has 3 atom stereocenters. The van der Waals surface area contributed by atoms with E-state index in [0.29, 0.717) is 6.42 Å². The Morgan fingerprint density at radius 1 is 1.29 bits per heavy atom. The molecule has 1 fully saturated rings. The van der Waals surface area contributed by atoms with Gasteiger partial charge in [0.1, 0.15) is 19.9 Å². The first-order valence-electron chi connectivity index (χ1n) is 10.7. The van der Waals surface area contributed by atoms with Crippen LogP contribution in [0.15, 0.2) is 34.6 Å². The summed E-state index contributed by atoms with van der Waals surface area (Å²) < 4.78 is 4.97. The Bertz CT molecular complexity index is 1050. The summed E-state index contributed by atoms with van der Waals surface area (Å²) in [6.07, 6.45) is 5.02. The SMILES string of the molecule is COC(=O)C1=C(O)C(C)(C)[C@@H]2CC[C@@]3(C#C[Si](C)(C)C)C=C(C#N)C(=O)C=C3[C@@]2(C)C1. The molecule has 1 saturated carbocycles. The molecule has 3 rings (SSSR count). The van der Waals surface area contributed by atoms with Crippen molar-refractivity contribution >= 4 is 19.8 Å². The van der Waals surface area contributed by atoms with Crippen molar-refractivity contribution in [3.63, 3.8) is 0 Å². The fraction of sp³-hybridized carbons (Fsp3) is 0.560. The summed E-state index contributed by atoms with van der Waals surface area (Å²) in [5, 5.41) is 20.5. The number of rotatable bonds is 1. The minimum atomic E-state index is -1.73. The van der Waals surface area contributed by atoms with Gasteiger partial charge in [0.05, 0.1) is 23.7 Å². The predicted octanol–water partition coefficient (Wildman–Crippen LogP) is 4.64. The van der Waals surface area contributed by atoms with Gasteiger partial charge in [-0.1, -0.05) is 46.3 Å². The van der Waals surface area contributed by atoms with Gasteiger partial charge in [-0.25, -0.2) is 4.79 Å². The number of nitriles is 1. The first-order valence-corrected chi connectivity index (χ1v) is 14.2. The summed E-state index contributed by atoms with van der Waals surface area (Å²) in [4.78, 5) is 25.3. The highest BCUT2D eigenvalue weighted by Crippen LogP contribution is 2.66. The molecule has 0 aromatic heterocycles. The quantitative estimate of drug-likeness (QED) is 0.367. The van der Waals surface area contributed by atoms with Crippen molar-refractivity contribution in [1.29, 1.82) is 5.26 Å². The molecule has 3 aliphatic rings. The second kappa shape index (κ2) is 7.24. The van der Waals surface area contributed by atoms with Crippen molar-refractivity contribution in [2.45, 2.75) is 59.7 Å². The Morgan fingerprint density at radius 2 is 1.94 bits per heavy atom. The largest absolute Gasteiger partial charge is 0.511 e. The highest BCUT2D eigenvalue weighted by Gasteiger charge is 2.60. The van der Waals surface area contributed by atoms with Crippen LogP contribution in [0.3, 0.4) is 0 Å². The smallest absolute Gasteiger partial charge is 0.337 e. The Morgan fingerprint density at radius 3 is 2.48 bits per heavy atom. The standard InChI is InChI=1S/C25H31NO4Si/c1-23(2)19-8-9-25(10-11-31(5,6)7)13-16(15-26)18(27)12-20(25)24(19,3)14-17(21(23)28)22(29)30-4/h12-13,19,28H,8-9,14H2,1-7H3/t19-,24-,25+/m0/s1. The van der Waals surface area contributed by atoms with Crippen molar-refractivity contribution in [1.82, 2.24) is 0 Å². The van der Waals surface area contributed by atoms with E-state index in [-0.39, 0.29) is 35.0 Å². The molecule has 0 spiro atoms. The molecule has 0 aliphatic heterocycles. The van der Waals surface area contributed by atoms with Gasteiger partial charge in [0, 0.05) is 5.41 Å². The van der Waals surface area contributed by atoms with E-state index in [1.165, 1.54) is 7.11 Å². The number of hydrogen-bond acceptors (Lipinski definition) is 5. The molecule has 0 unspecified atom stereocenters. The maximum Gasteiger partial charge on any atom is 0.337 e. The Hall–Kier alpha value is -2.57. The predicted molar refractivity (Wildman–Crippen MR) is 121 cm³/mol. The van der Waals surface area contributed by atoms with Crippen molar-refractivity contribution in [3.05, 3.63) is 34.6 Å². The van der Waals surface area contributed by atoms with Crippen LogP contribution in [0.2, 0.25) is 19.6 Å². The summed E-state index contributed by atoms with van der Waals surface area (Å²) in [5.74, 6) is 2.69. The van der Waals surface area contributed by atoms with Crippen molar-refractivity contribution in [3.8, 4) is 17.5 Å². The molecule has 3 aliphatic carbocycles. The zero-order chi connectivity index (χ0) is 23.4. The summed E-state index contributed by atoms with van der Waals surface area (Å²) in [7, 11) is -0.420. The summed E-state index contributed by atoms with van der Waals surface area (Å²) in [5.41, 5.74) is 2.72. The lowest BCUT2D eigenvalue weighted by Crippen LogP contribution is -2.53. The van der Waals surface area contributed by atoms with Gasteiger partial charge in [-0.05, 0) is 48.3 Å². The van der Waals surface area contributed by atoms with Gasteiger partial charge in [-0.15, -0.1) is 5.54 Å². The average molecular weight is 438 g/mol. The number of esters is 1. The summed E-state index contributed by atoms with van der Waals surface area (Å²) >= 11 is 0. The third-order valence-electron chi connectivity index (χ3n) is 7.15. The molecule has 164 valence electrons. The van der Waals surface area contributed by atoms with E-state index in [9.17, 15) is 20.0 Å². The highest BCUT2D eigenvalue weighted by atomic mass is 28.3. The number of allylic oxidation sites excluding steroid dienone is 5. The second-order valence-electron chi connectivity index (χ2n) is 10.8. The molecule has 0 bridgehead atoms. The number of aliphatic hydroxyl groups excluding tert-OH is 1. The van der Waals surface area contributed by atoms with Crippen LogP contribution in [0, 0.1) is 45.0 Å². The van der Waals surface area contributed by atoms with Gasteiger partial charge in [0.15, 0.2) is 5.78 Å². The number of carbonyl (C=O) groups is 2. The number of hydrogen-bond donors (Lipinski definition) is 1. The van der Waals surface area contributed by atoms with Gasteiger partial charge < -0.3 is 9.84 Å². The van der Waals surface area contributed by atoms with Gasteiger partial charge >= 0.3 is 5.97 Å². The number of fused-ring (bicyclic) bond motifs is 3. The second-order valence-corrected chi connectivity index (χ2v) is 15.5. The first-order chi connectivity index (χ1) is 14.2. The van der Waals surface area contributed by atoms with E-state index in [0.717, 1.165) is 12.0 Å². The van der Waals surface area contributed by atoms with Crippen LogP contribution in [0.25, 0.3) is 0 Å². The van der Waals surface area contributed by atoms with Gasteiger partial charge in [0.25, 0.3) is 0 Å². The molecule has 0 heterocycles. The fourth-order valence-corrected chi connectivity index (χ4v) is 6.32. The van der Waals surface area contributed by atoms with E-state index in [2.05, 4.69) is 38.0 Å². The Balaban J connectivity index is 2.28. The molecule has 0 saturated heterocycles. The van der Waals surface area contributed by atoms with Crippen molar-refractivity contribution < 1.29 is 19.4 Å². The van der Waals surface area contributed by atoms with Crippen LogP contribution >= 0.6 is 0 Å². The number of carbonyl (C=O) groups excluding carboxylic acids is 2. The molecule has 0 radical (unpaired) electrons. The summed E-state index contributed by atoms with van der Waals surface area (Å²) in [6, 6.07) is 2.04. The van der Waals surface area contributed by atoms with Gasteiger partial charge in [-0.3, -0.25) is 4.79 Å². The topological polar surface area (TPSA) is 87.4 Å². The maximum absolute atomic E-state index is 12.8. The minimum Gasteiger partial charge on any atom is -0.511 e. The maximum atomic E-state index is 12.8. The lowest BCUT2D eigenvalue weighted by atomic mass is 9.45. The van der Waals surface area contributed by atoms with E-state index in [1.807, 2.05) is 19.9 Å². The van der Waals surface area contributed by atoms with Crippen LogP contribution in [-0.2, 0) is 14.3 Å². The monoisotopic (exact) mass is 437 g/mol. The van der Waals surface area contributed by atoms with Crippen molar-refractivity contribution in [2.75, 3.05) is 7.11 Å². The molecular formula is C25H31NO4Si. The zero-order valence-electron chi connectivity index (χ0n) is 19.5. The van der Waals surface area contributed by atoms with Crippen LogP contribution in [0.5, 0.6) is 0 Å². The molecule has 0 aromatic carbocycles. The van der Waals surface area contributed by atoms with E-state index in [4.69, 9.17) is 4.74 Å². The van der Waals surface area contributed by atoms with Gasteiger partial charge in [-0.2, -0.15) is 5.26 Å². The van der Waals surface area contributed by atoms with E-state index < -0.39 is 30.3 Å². The molecule has 1 N–H and O–H groups in total. The third kappa shape index (κ3) is 3.58. The Labute approximate surface area is 185 Å². The van der Waals surface area contributed by atoms with Crippen LogP contribution in [-0.4, -0.2) is 32.0 Å². The Kier molecular flexibility index (Phi) is 5.40. The molecule has 0 amide bonds. The number of aliphatic hydroxyl groups is 1. The number of methoxy groups -OCH3 is 1. The highest BCUT2D eigenvalue weighted by molar-refractivity contribution is 6.83. The van der Waals surface area contributed by atoms with Crippen molar-refractivity contribution in [2.24, 2.45) is 22.2 Å². The minimum absolute atomic E-state index is 0.00583. The molecule has 5 nitrogen and oxygen atoms in total. The third-order valence-corrected chi connectivity index (χ3v) is 8.02. The van der Waals surface area contributed by atoms with Crippen LogP contribution in [0.1, 0.15) is 40.0 Å². The summed E-state index contributed by atoms with van der Waals surface area (Å²) in [6.45, 7) is 12.4. The van der Waals surface area contributed by atoms with E-state index >= 15 is 0 Å². The molecule has 6 heteroatoms. The fourth-order valence-electron chi connectivity index (χ4n) is 5.72. The zero-order valence-corrected chi connectivity index (χ0v) is 20.5. The first kappa shape index (κ1) is 23.1. The molecular weight excluding hydrogens is 406 g/mol. The number of nitrogens with zero attached hydrogens (tertiary/aromatic N) is 1. The molecule has 31 heavy (non-hydrogen) atoms. The normalized spacial score (nSPS) is 31.8. The molecule has 0 aromatic rings. The van der Waals surface area contributed by atoms with Crippen LogP contribution in [0.4, 0.5) is 0 Å². The van der Waals surface area contributed by atoms with E-state index in [1.54, 1.807) is 12.2 Å². The van der Waals surface area contributed by atoms with Crippen LogP contribution < -0.4 is 0 Å². The number of ketones is 1. The van der Waals surface area contributed by atoms with Gasteiger partial charge in [0.2, 0.25) is 0 Å². The number of ether oxygens (including phenoxy) is 1. The average Bonchev–Trinajstić information content (AvgIpc) is 2.68. The lowest BCUT2D eigenvalue weighted by molar-refractivity contribution is -0.138. The lowest BCUT2D eigenvalue weighted by Gasteiger charge is -2.58.